The number of hydrogen-bond donors (Lipinski definition) is 1. The summed E-state index contributed by atoms with van der Waals surface area (Å²) in [6, 6.07) is 0. The number of hydrogen-bond acceptors (Lipinski definition) is 1. The van der Waals surface area contributed by atoms with Gasteiger partial charge in [0.05, 0.1) is 5.92 Å². The van der Waals surface area contributed by atoms with E-state index in [2.05, 4.69) is 6.92 Å². The van der Waals surface area contributed by atoms with Crippen molar-refractivity contribution >= 4 is 5.97 Å². The Kier molecular flexibility index (Phi) is 7.36. The molecular formula is C11H20O2. The molecule has 0 aromatic rings. The van der Waals surface area contributed by atoms with Crippen LogP contribution in [0.15, 0.2) is 12.2 Å². The molecule has 0 rings (SSSR count). The fraction of sp³-hybridized carbons (Fsp3) is 0.727. The third-order valence-electron chi connectivity index (χ3n) is 2.17. The maximum atomic E-state index is 10.8. The Morgan fingerprint density at radius 1 is 1.46 bits per heavy atom. The van der Waals surface area contributed by atoms with E-state index in [9.17, 15) is 4.79 Å². The van der Waals surface area contributed by atoms with Crippen LogP contribution >= 0.6 is 0 Å². The Morgan fingerprint density at radius 3 is 2.62 bits per heavy atom. The second-order valence-electron chi connectivity index (χ2n) is 3.32. The van der Waals surface area contributed by atoms with Crippen LogP contribution in [0.1, 0.15) is 46.0 Å². The molecule has 1 N–H and O–H groups in total. The van der Waals surface area contributed by atoms with Crippen LogP contribution in [0.25, 0.3) is 0 Å². The van der Waals surface area contributed by atoms with E-state index in [0.717, 1.165) is 32.1 Å². The van der Waals surface area contributed by atoms with Crippen molar-refractivity contribution in [2.75, 3.05) is 0 Å². The lowest BCUT2D eigenvalue weighted by atomic mass is 9.97. The van der Waals surface area contributed by atoms with Gasteiger partial charge in [0.2, 0.25) is 0 Å². The third-order valence-corrected chi connectivity index (χ3v) is 2.17. The summed E-state index contributed by atoms with van der Waals surface area (Å²) in [6.07, 6.45) is 8.58. The zero-order chi connectivity index (χ0) is 10.1. The fourth-order valence-corrected chi connectivity index (χ4v) is 1.31. The SMILES string of the molecule is C/C=C/CCC(CCCC)C(=O)O. The summed E-state index contributed by atoms with van der Waals surface area (Å²) >= 11 is 0. The van der Waals surface area contributed by atoms with E-state index >= 15 is 0 Å². The molecule has 0 fully saturated rings. The number of carboxylic acid groups (broad SMARTS) is 1. The lowest BCUT2D eigenvalue weighted by Crippen LogP contribution is -2.13. The van der Waals surface area contributed by atoms with E-state index in [1.54, 1.807) is 0 Å². The molecule has 0 saturated carbocycles. The molecule has 0 aliphatic rings. The summed E-state index contributed by atoms with van der Waals surface area (Å²) in [5.74, 6) is -0.783. The highest BCUT2D eigenvalue weighted by Gasteiger charge is 2.14. The molecule has 0 amide bonds. The van der Waals surface area contributed by atoms with Crippen molar-refractivity contribution in [2.45, 2.75) is 46.0 Å². The molecule has 2 heteroatoms. The van der Waals surface area contributed by atoms with E-state index in [4.69, 9.17) is 5.11 Å². The average molecular weight is 184 g/mol. The zero-order valence-corrected chi connectivity index (χ0v) is 8.62. The molecule has 0 spiro atoms. The van der Waals surface area contributed by atoms with Gasteiger partial charge < -0.3 is 5.11 Å². The Labute approximate surface area is 80.7 Å². The van der Waals surface area contributed by atoms with Gasteiger partial charge in [-0.3, -0.25) is 4.79 Å². The van der Waals surface area contributed by atoms with Gasteiger partial charge in [0, 0.05) is 0 Å². The number of carbonyl (C=O) groups is 1. The highest BCUT2D eigenvalue weighted by molar-refractivity contribution is 5.69. The minimum Gasteiger partial charge on any atom is -0.481 e. The van der Waals surface area contributed by atoms with Crippen molar-refractivity contribution < 1.29 is 9.90 Å². The zero-order valence-electron chi connectivity index (χ0n) is 8.62. The molecule has 13 heavy (non-hydrogen) atoms. The minimum absolute atomic E-state index is 0.142. The Balaban J connectivity index is 3.73. The van der Waals surface area contributed by atoms with Crippen LogP contribution in [0.5, 0.6) is 0 Å². The van der Waals surface area contributed by atoms with E-state index in [0.29, 0.717) is 0 Å². The largest absolute Gasteiger partial charge is 0.481 e. The van der Waals surface area contributed by atoms with Gasteiger partial charge in [0.1, 0.15) is 0 Å². The van der Waals surface area contributed by atoms with Crippen LogP contribution in [-0.2, 0) is 4.79 Å². The molecule has 2 nitrogen and oxygen atoms in total. The van der Waals surface area contributed by atoms with Crippen LogP contribution in [0.2, 0.25) is 0 Å². The number of rotatable bonds is 7. The predicted octanol–water partition coefficient (Wildman–Crippen LogP) is 3.23. The summed E-state index contributed by atoms with van der Waals surface area (Å²) in [4.78, 5) is 10.8. The van der Waals surface area contributed by atoms with Crippen molar-refractivity contribution in [3.05, 3.63) is 12.2 Å². The van der Waals surface area contributed by atoms with Crippen LogP contribution < -0.4 is 0 Å². The summed E-state index contributed by atoms with van der Waals surface area (Å²) in [7, 11) is 0. The molecule has 0 aliphatic carbocycles. The van der Waals surface area contributed by atoms with Gasteiger partial charge in [0.25, 0.3) is 0 Å². The standard InChI is InChI=1S/C11H20O2/c1-3-5-7-9-10(11(12)13)8-6-4-2/h3,5,10H,4,6-9H2,1-2H3,(H,12,13)/b5-3+. The van der Waals surface area contributed by atoms with Gasteiger partial charge in [-0.1, -0.05) is 31.9 Å². The van der Waals surface area contributed by atoms with E-state index in [1.165, 1.54) is 0 Å². The van der Waals surface area contributed by atoms with Gasteiger partial charge in [-0.25, -0.2) is 0 Å². The molecule has 0 radical (unpaired) electrons. The van der Waals surface area contributed by atoms with Gasteiger partial charge in [-0.2, -0.15) is 0 Å². The molecule has 0 heterocycles. The number of carboxylic acids is 1. The van der Waals surface area contributed by atoms with Crippen molar-refractivity contribution in [1.82, 2.24) is 0 Å². The first-order valence-corrected chi connectivity index (χ1v) is 5.06. The minimum atomic E-state index is -0.641. The molecule has 0 aromatic carbocycles. The molecule has 1 unspecified atom stereocenters. The molecule has 1 atom stereocenters. The maximum absolute atomic E-state index is 10.8. The maximum Gasteiger partial charge on any atom is 0.306 e. The fourth-order valence-electron chi connectivity index (χ4n) is 1.31. The smallest absolute Gasteiger partial charge is 0.306 e. The lowest BCUT2D eigenvalue weighted by molar-refractivity contribution is -0.142. The van der Waals surface area contributed by atoms with Gasteiger partial charge in [-0.05, 0) is 26.2 Å². The first kappa shape index (κ1) is 12.2. The van der Waals surface area contributed by atoms with Crippen molar-refractivity contribution in [1.29, 1.82) is 0 Å². The molecule has 0 saturated heterocycles. The molecule has 0 aromatic heterocycles. The number of allylic oxidation sites excluding steroid dienone is 2. The Morgan fingerprint density at radius 2 is 2.15 bits per heavy atom. The summed E-state index contributed by atoms with van der Waals surface area (Å²) in [5.41, 5.74) is 0. The van der Waals surface area contributed by atoms with Crippen LogP contribution in [-0.4, -0.2) is 11.1 Å². The Hall–Kier alpha value is -0.790. The second kappa shape index (κ2) is 7.84. The van der Waals surface area contributed by atoms with Gasteiger partial charge in [-0.15, -0.1) is 0 Å². The van der Waals surface area contributed by atoms with Crippen LogP contribution in [0, 0.1) is 5.92 Å². The monoisotopic (exact) mass is 184 g/mol. The van der Waals surface area contributed by atoms with Crippen molar-refractivity contribution in [3.63, 3.8) is 0 Å². The third kappa shape index (κ3) is 6.38. The first-order chi connectivity index (χ1) is 6.22. The van der Waals surface area contributed by atoms with Crippen molar-refractivity contribution in [3.8, 4) is 0 Å². The Bertz CT molecular complexity index is 161. The first-order valence-electron chi connectivity index (χ1n) is 5.06. The van der Waals surface area contributed by atoms with Crippen molar-refractivity contribution in [2.24, 2.45) is 5.92 Å². The van der Waals surface area contributed by atoms with Crippen LogP contribution in [0.3, 0.4) is 0 Å². The second-order valence-corrected chi connectivity index (χ2v) is 3.32. The summed E-state index contributed by atoms with van der Waals surface area (Å²) in [5, 5.41) is 8.88. The van der Waals surface area contributed by atoms with E-state index < -0.39 is 5.97 Å². The highest BCUT2D eigenvalue weighted by Crippen LogP contribution is 2.15. The van der Waals surface area contributed by atoms with E-state index in [1.807, 2.05) is 19.1 Å². The summed E-state index contributed by atoms with van der Waals surface area (Å²) in [6.45, 7) is 4.05. The highest BCUT2D eigenvalue weighted by atomic mass is 16.4. The summed E-state index contributed by atoms with van der Waals surface area (Å²) < 4.78 is 0. The normalized spacial score (nSPS) is 13.4. The van der Waals surface area contributed by atoms with Crippen LogP contribution in [0.4, 0.5) is 0 Å². The number of unbranched alkanes of at least 4 members (excludes halogenated alkanes) is 1. The number of aliphatic carboxylic acids is 1. The quantitative estimate of drug-likeness (QED) is 0.617. The molecule has 76 valence electrons. The molecular weight excluding hydrogens is 164 g/mol. The predicted molar refractivity (Wildman–Crippen MR) is 54.7 cm³/mol. The lowest BCUT2D eigenvalue weighted by Gasteiger charge is -2.09. The van der Waals surface area contributed by atoms with Gasteiger partial charge >= 0.3 is 5.97 Å². The molecule has 0 bridgehead atoms. The average Bonchev–Trinajstić information content (AvgIpc) is 2.10. The molecule has 0 aliphatic heterocycles. The van der Waals surface area contributed by atoms with Gasteiger partial charge in [0.15, 0.2) is 0 Å². The van der Waals surface area contributed by atoms with E-state index in [-0.39, 0.29) is 5.92 Å². The topological polar surface area (TPSA) is 37.3 Å².